The number of halogens is 1. The predicted molar refractivity (Wildman–Crippen MR) is 90.4 cm³/mol. The number of carbonyl (C=O) groups excluding carboxylic acids is 1. The lowest BCUT2D eigenvalue weighted by Gasteiger charge is -2.16. The van der Waals surface area contributed by atoms with Gasteiger partial charge in [0.15, 0.2) is 0 Å². The van der Waals surface area contributed by atoms with Crippen molar-refractivity contribution in [3.8, 4) is 5.75 Å². The van der Waals surface area contributed by atoms with Gasteiger partial charge in [-0.2, -0.15) is 0 Å². The molecule has 0 spiro atoms. The molecule has 23 heavy (non-hydrogen) atoms. The van der Waals surface area contributed by atoms with E-state index in [0.717, 1.165) is 28.6 Å². The van der Waals surface area contributed by atoms with Crippen LogP contribution in [0.5, 0.6) is 5.75 Å². The van der Waals surface area contributed by atoms with Crippen molar-refractivity contribution in [1.82, 2.24) is 9.88 Å². The third-order valence-corrected chi connectivity index (χ3v) is 3.82. The van der Waals surface area contributed by atoms with Gasteiger partial charge in [0, 0.05) is 36.6 Å². The number of fused-ring (bicyclic) bond motifs is 1. The maximum absolute atomic E-state index is 13.0. The molecule has 0 unspecified atom stereocenters. The molecule has 0 aliphatic carbocycles. The van der Waals surface area contributed by atoms with Gasteiger partial charge in [0.05, 0.1) is 0 Å². The Morgan fingerprint density at radius 2 is 2.26 bits per heavy atom. The fourth-order valence-electron chi connectivity index (χ4n) is 2.81. The number of nitrogens with one attached hydrogen (secondary N) is 1. The average Bonchev–Trinajstić information content (AvgIpc) is 2.89. The van der Waals surface area contributed by atoms with Crippen LogP contribution in [0, 0.1) is 0 Å². The number of rotatable bonds is 8. The van der Waals surface area contributed by atoms with E-state index in [0.29, 0.717) is 25.3 Å². The summed E-state index contributed by atoms with van der Waals surface area (Å²) in [5.74, 6) is 0.205. The number of hydrogen-bond acceptors (Lipinski definition) is 3. The first kappa shape index (κ1) is 17.2. The molecule has 124 valence electrons. The second kappa shape index (κ2) is 7.92. The van der Waals surface area contributed by atoms with E-state index in [1.807, 2.05) is 12.1 Å². The molecule has 1 N–H and O–H groups in total. The first-order chi connectivity index (χ1) is 11.1. The zero-order valence-electron chi connectivity index (χ0n) is 13.7. The Bertz CT molecular complexity index is 694. The Labute approximate surface area is 135 Å². The third kappa shape index (κ3) is 3.99. The number of aromatic nitrogens is 1. The highest BCUT2D eigenvalue weighted by Gasteiger charge is 2.16. The van der Waals surface area contributed by atoms with E-state index in [1.165, 1.54) is 6.92 Å². The zero-order valence-corrected chi connectivity index (χ0v) is 13.7. The van der Waals surface area contributed by atoms with Gasteiger partial charge in [-0.05, 0) is 30.5 Å². The van der Waals surface area contributed by atoms with Crippen LogP contribution >= 0.6 is 0 Å². The minimum Gasteiger partial charge on any atom is -0.426 e. The Kier molecular flexibility index (Phi) is 5.93. The van der Waals surface area contributed by atoms with Crippen molar-refractivity contribution in [2.75, 3.05) is 19.9 Å². The summed E-state index contributed by atoms with van der Waals surface area (Å²) in [5.41, 5.74) is 3.12. The van der Waals surface area contributed by atoms with Crippen LogP contribution in [-0.2, 0) is 17.6 Å². The molecule has 0 radical (unpaired) electrons. The lowest BCUT2D eigenvalue weighted by atomic mass is 10.0. The minimum absolute atomic E-state index is 0.347. The van der Waals surface area contributed by atoms with Gasteiger partial charge in [-0.3, -0.25) is 9.69 Å². The summed E-state index contributed by atoms with van der Waals surface area (Å²) in [5, 5.41) is 0.914. The molecule has 2 aromatic rings. The van der Waals surface area contributed by atoms with Crippen LogP contribution in [0.15, 0.2) is 30.9 Å². The number of ether oxygens (including phenoxy) is 1. The molecule has 1 heterocycles. The highest BCUT2D eigenvalue weighted by molar-refractivity contribution is 5.92. The molecule has 1 aromatic carbocycles. The van der Waals surface area contributed by atoms with Crippen LogP contribution in [0.3, 0.4) is 0 Å². The molecule has 0 saturated heterocycles. The standard InChI is InChI=1S/C18H23FN2O2/c1-4-10-21(12-19)11-9-14-15(5-2)20-16-7-6-8-17(18(14)16)23-13(3)22/h4,6-8,20H,1,5,9-12H2,2-3H3. The molecule has 1 aromatic heterocycles. The first-order valence-corrected chi connectivity index (χ1v) is 7.80. The van der Waals surface area contributed by atoms with Crippen LogP contribution in [0.4, 0.5) is 4.39 Å². The highest BCUT2D eigenvalue weighted by Crippen LogP contribution is 2.32. The van der Waals surface area contributed by atoms with E-state index in [9.17, 15) is 9.18 Å². The molecular weight excluding hydrogens is 295 g/mol. The van der Waals surface area contributed by atoms with Gasteiger partial charge < -0.3 is 9.72 Å². The fourth-order valence-corrected chi connectivity index (χ4v) is 2.81. The van der Waals surface area contributed by atoms with Crippen molar-refractivity contribution in [1.29, 1.82) is 0 Å². The Balaban J connectivity index is 2.39. The number of aromatic amines is 1. The van der Waals surface area contributed by atoms with E-state index in [2.05, 4.69) is 18.5 Å². The second-order valence-electron chi connectivity index (χ2n) is 5.44. The number of hydrogen-bond donors (Lipinski definition) is 1. The maximum atomic E-state index is 13.0. The quantitative estimate of drug-likeness (QED) is 0.350. The molecule has 0 aliphatic rings. The van der Waals surface area contributed by atoms with Gasteiger partial charge >= 0.3 is 5.97 Å². The lowest BCUT2D eigenvalue weighted by Crippen LogP contribution is -2.25. The molecule has 0 amide bonds. The summed E-state index contributed by atoms with van der Waals surface area (Å²) in [7, 11) is 0. The summed E-state index contributed by atoms with van der Waals surface area (Å²) in [6, 6.07) is 5.60. The van der Waals surface area contributed by atoms with Crippen LogP contribution in [0.2, 0.25) is 0 Å². The van der Waals surface area contributed by atoms with E-state index >= 15 is 0 Å². The lowest BCUT2D eigenvalue weighted by molar-refractivity contribution is -0.131. The third-order valence-electron chi connectivity index (χ3n) is 3.82. The largest absolute Gasteiger partial charge is 0.426 e. The smallest absolute Gasteiger partial charge is 0.308 e. The Morgan fingerprint density at radius 3 is 2.87 bits per heavy atom. The number of esters is 1. The number of H-pyrrole nitrogens is 1. The molecule has 5 heteroatoms. The van der Waals surface area contributed by atoms with Gasteiger partial charge in [0.25, 0.3) is 0 Å². The summed E-state index contributed by atoms with van der Waals surface area (Å²) in [6.07, 6.45) is 3.21. The van der Waals surface area contributed by atoms with Gasteiger partial charge in [-0.15, -0.1) is 6.58 Å². The molecular formula is C18H23FN2O2. The summed E-state index contributed by atoms with van der Waals surface area (Å²) >= 11 is 0. The minimum atomic E-state index is -0.507. The predicted octanol–water partition coefficient (Wildman–Crippen LogP) is 3.61. The van der Waals surface area contributed by atoms with Crippen molar-refractivity contribution in [2.45, 2.75) is 26.7 Å². The number of benzene rings is 1. The number of carbonyl (C=O) groups is 1. The van der Waals surface area contributed by atoms with Crippen LogP contribution in [0.1, 0.15) is 25.1 Å². The zero-order chi connectivity index (χ0) is 16.8. The molecule has 0 bridgehead atoms. The molecule has 0 saturated carbocycles. The highest BCUT2D eigenvalue weighted by atomic mass is 19.1. The van der Waals surface area contributed by atoms with E-state index in [1.54, 1.807) is 17.0 Å². The van der Waals surface area contributed by atoms with Crippen molar-refractivity contribution in [3.63, 3.8) is 0 Å². The van der Waals surface area contributed by atoms with Crippen LogP contribution in [0.25, 0.3) is 10.9 Å². The molecule has 0 atom stereocenters. The summed E-state index contributed by atoms with van der Waals surface area (Å²) < 4.78 is 18.4. The maximum Gasteiger partial charge on any atom is 0.308 e. The monoisotopic (exact) mass is 318 g/mol. The van der Waals surface area contributed by atoms with Crippen LogP contribution < -0.4 is 4.74 Å². The summed E-state index contributed by atoms with van der Waals surface area (Å²) in [6.45, 7) is 7.69. The van der Waals surface area contributed by atoms with Crippen molar-refractivity contribution in [3.05, 3.63) is 42.1 Å². The summed E-state index contributed by atoms with van der Waals surface area (Å²) in [4.78, 5) is 16.4. The Hall–Kier alpha value is -2.14. The van der Waals surface area contributed by atoms with Crippen molar-refractivity contribution in [2.24, 2.45) is 0 Å². The fraction of sp³-hybridized carbons (Fsp3) is 0.389. The number of aryl methyl sites for hydroxylation is 1. The molecule has 0 aliphatic heterocycles. The van der Waals surface area contributed by atoms with E-state index in [4.69, 9.17) is 4.74 Å². The van der Waals surface area contributed by atoms with Crippen molar-refractivity contribution >= 4 is 16.9 Å². The van der Waals surface area contributed by atoms with E-state index < -0.39 is 6.80 Å². The average molecular weight is 318 g/mol. The van der Waals surface area contributed by atoms with Gasteiger partial charge in [-0.1, -0.05) is 19.1 Å². The molecule has 4 nitrogen and oxygen atoms in total. The second-order valence-corrected chi connectivity index (χ2v) is 5.44. The number of alkyl halides is 1. The molecule has 2 rings (SSSR count). The first-order valence-electron chi connectivity index (χ1n) is 7.80. The molecule has 0 fully saturated rings. The van der Waals surface area contributed by atoms with Gasteiger partial charge in [0.1, 0.15) is 12.5 Å². The topological polar surface area (TPSA) is 45.3 Å². The SMILES string of the molecule is C=CCN(CF)CCc1c(CC)[nH]c2cccc(OC(C)=O)c12. The van der Waals surface area contributed by atoms with Crippen LogP contribution in [-0.4, -0.2) is 35.7 Å². The Morgan fingerprint density at radius 1 is 1.48 bits per heavy atom. The van der Waals surface area contributed by atoms with Gasteiger partial charge in [0.2, 0.25) is 0 Å². The normalized spacial score (nSPS) is 11.1. The van der Waals surface area contributed by atoms with E-state index in [-0.39, 0.29) is 5.97 Å². The van der Waals surface area contributed by atoms with Gasteiger partial charge in [-0.25, -0.2) is 4.39 Å². The number of nitrogens with zero attached hydrogens (tertiary/aromatic N) is 1. The van der Waals surface area contributed by atoms with Crippen molar-refractivity contribution < 1.29 is 13.9 Å².